The summed E-state index contributed by atoms with van der Waals surface area (Å²) in [4.78, 5) is 25.8. The van der Waals surface area contributed by atoms with Gasteiger partial charge in [0, 0.05) is 68.0 Å². The number of piperazine rings is 1. The van der Waals surface area contributed by atoms with Crippen molar-refractivity contribution in [2.45, 2.75) is 20.0 Å². The van der Waals surface area contributed by atoms with E-state index >= 15 is 0 Å². The third-order valence-corrected chi connectivity index (χ3v) is 7.09. The largest absolute Gasteiger partial charge is 0.416 e. The van der Waals surface area contributed by atoms with Crippen LogP contribution in [0.4, 0.5) is 41.9 Å². The third kappa shape index (κ3) is 6.46. The molecule has 0 aliphatic carbocycles. The van der Waals surface area contributed by atoms with E-state index in [1.807, 2.05) is 31.9 Å². The molecular formula is C29H32F3N9O. The molecule has 1 fully saturated rings. The molecule has 0 saturated carbocycles. The van der Waals surface area contributed by atoms with Crippen molar-refractivity contribution < 1.29 is 18.0 Å². The Morgan fingerprint density at radius 3 is 2.43 bits per heavy atom. The molecule has 2 aromatic carbocycles. The maximum absolute atomic E-state index is 13.8. The van der Waals surface area contributed by atoms with Gasteiger partial charge < -0.3 is 25.8 Å². The summed E-state index contributed by atoms with van der Waals surface area (Å²) in [6.07, 6.45) is -3.12. The van der Waals surface area contributed by atoms with Gasteiger partial charge in [-0.1, -0.05) is 6.07 Å². The molecule has 0 spiro atoms. The number of carbonyl (C=O) groups excluding carboxylic acids is 1. The smallest absolute Gasteiger partial charge is 0.373 e. The van der Waals surface area contributed by atoms with Crippen molar-refractivity contribution in [3.63, 3.8) is 0 Å². The standard InChI is InChI=1S/C29H32F3N9O/c1-18-5-6-20(12-24(18)37-27-11-19(2)38-41(27)26-16-25(33-3)34-17-35-26)28(42)36-22-13-21(29(30,31)32)14-23(15-22)40-9-7-39(4)8-10-40/h5-6,11-17,37H,7-10H2,1-4H3,(H,36,42)(H,33,34,35). The molecular weight excluding hydrogens is 547 g/mol. The van der Waals surface area contributed by atoms with Crippen LogP contribution < -0.4 is 20.9 Å². The zero-order valence-corrected chi connectivity index (χ0v) is 23.8. The number of aromatic nitrogens is 4. The highest BCUT2D eigenvalue weighted by Gasteiger charge is 2.32. The average Bonchev–Trinajstić information content (AvgIpc) is 3.33. The lowest BCUT2D eigenvalue weighted by atomic mass is 10.1. The summed E-state index contributed by atoms with van der Waals surface area (Å²) in [5.41, 5.74) is 2.21. The van der Waals surface area contributed by atoms with Gasteiger partial charge in [-0.25, -0.2) is 9.97 Å². The number of rotatable bonds is 7. The van der Waals surface area contributed by atoms with Crippen LogP contribution in [0.25, 0.3) is 5.82 Å². The number of alkyl halides is 3. The van der Waals surface area contributed by atoms with E-state index in [2.05, 4.69) is 35.9 Å². The SMILES string of the molecule is CNc1cc(-n2nc(C)cc2Nc2cc(C(=O)Nc3cc(N4CCN(C)CC4)cc(C(F)(F)F)c3)ccc2C)ncn1. The van der Waals surface area contributed by atoms with Crippen LogP contribution in [0.15, 0.2) is 54.9 Å². The van der Waals surface area contributed by atoms with E-state index in [9.17, 15) is 18.0 Å². The molecule has 0 bridgehead atoms. The number of aryl methyl sites for hydroxylation is 2. The van der Waals surface area contributed by atoms with E-state index in [1.165, 1.54) is 6.33 Å². The molecule has 1 aliphatic rings. The lowest BCUT2D eigenvalue weighted by molar-refractivity contribution is -0.137. The van der Waals surface area contributed by atoms with Gasteiger partial charge in [0.2, 0.25) is 0 Å². The van der Waals surface area contributed by atoms with Gasteiger partial charge in [0.15, 0.2) is 5.82 Å². The first-order chi connectivity index (χ1) is 20.0. The van der Waals surface area contributed by atoms with E-state index in [0.717, 1.165) is 36.5 Å². The van der Waals surface area contributed by atoms with Gasteiger partial charge in [-0.15, -0.1) is 0 Å². The minimum Gasteiger partial charge on any atom is -0.373 e. The summed E-state index contributed by atoms with van der Waals surface area (Å²) in [7, 11) is 3.73. The van der Waals surface area contributed by atoms with Gasteiger partial charge >= 0.3 is 6.18 Å². The molecule has 42 heavy (non-hydrogen) atoms. The molecule has 1 amide bonds. The van der Waals surface area contributed by atoms with E-state index in [4.69, 9.17) is 0 Å². The van der Waals surface area contributed by atoms with Crippen LogP contribution in [-0.2, 0) is 6.18 Å². The first-order valence-electron chi connectivity index (χ1n) is 13.4. The van der Waals surface area contributed by atoms with Gasteiger partial charge in [0.25, 0.3) is 5.91 Å². The number of nitrogens with one attached hydrogen (secondary N) is 3. The van der Waals surface area contributed by atoms with Gasteiger partial charge in [0.05, 0.1) is 11.3 Å². The second-order valence-corrected chi connectivity index (χ2v) is 10.3. The Bertz CT molecular complexity index is 1590. The number of likely N-dealkylation sites (N-methyl/N-ethyl adjacent to an activating group) is 1. The quantitative estimate of drug-likeness (QED) is 0.278. The highest BCUT2D eigenvalue weighted by molar-refractivity contribution is 6.05. The second kappa shape index (κ2) is 11.7. The summed E-state index contributed by atoms with van der Waals surface area (Å²) in [5, 5.41) is 13.5. The monoisotopic (exact) mass is 579 g/mol. The predicted octanol–water partition coefficient (Wildman–Crippen LogP) is 5.09. The Morgan fingerprint density at radius 2 is 1.71 bits per heavy atom. The van der Waals surface area contributed by atoms with E-state index < -0.39 is 17.6 Å². The van der Waals surface area contributed by atoms with Crippen LogP contribution in [0.5, 0.6) is 0 Å². The number of hydrogen-bond acceptors (Lipinski definition) is 8. The van der Waals surface area contributed by atoms with E-state index in [-0.39, 0.29) is 11.3 Å². The molecule has 5 rings (SSSR count). The average molecular weight is 580 g/mol. The van der Waals surface area contributed by atoms with Crippen molar-refractivity contribution in [2.75, 3.05) is 61.1 Å². The van der Waals surface area contributed by atoms with E-state index in [1.54, 1.807) is 42.1 Å². The molecule has 3 N–H and O–H groups in total. The molecule has 3 heterocycles. The first kappa shape index (κ1) is 28.9. The maximum Gasteiger partial charge on any atom is 0.416 e. The number of carbonyl (C=O) groups is 1. The molecule has 0 atom stereocenters. The van der Waals surface area contributed by atoms with Gasteiger partial charge in [-0.2, -0.15) is 23.0 Å². The number of hydrogen-bond donors (Lipinski definition) is 3. The lowest BCUT2D eigenvalue weighted by Gasteiger charge is -2.34. The highest BCUT2D eigenvalue weighted by atomic mass is 19.4. The normalized spacial score (nSPS) is 14.1. The Morgan fingerprint density at radius 1 is 0.952 bits per heavy atom. The van der Waals surface area contributed by atoms with Crippen molar-refractivity contribution >= 4 is 34.6 Å². The number of benzene rings is 2. The maximum atomic E-state index is 13.8. The summed E-state index contributed by atoms with van der Waals surface area (Å²) < 4.78 is 43.0. The molecule has 4 aromatic rings. The Balaban J connectivity index is 1.41. The molecule has 1 saturated heterocycles. The molecule has 0 radical (unpaired) electrons. The molecule has 13 heteroatoms. The van der Waals surface area contributed by atoms with Gasteiger partial charge in [0.1, 0.15) is 18.0 Å². The van der Waals surface area contributed by atoms with Gasteiger partial charge in [-0.3, -0.25) is 4.79 Å². The van der Waals surface area contributed by atoms with Crippen molar-refractivity contribution in [3.8, 4) is 5.82 Å². The molecule has 220 valence electrons. The van der Waals surface area contributed by atoms with Crippen LogP contribution >= 0.6 is 0 Å². The highest BCUT2D eigenvalue weighted by Crippen LogP contribution is 2.35. The van der Waals surface area contributed by atoms with Crippen LogP contribution in [0, 0.1) is 13.8 Å². The first-order valence-corrected chi connectivity index (χ1v) is 13.4. The van der Waals surface area contributed by atoms with E-state index in [0.29, 0.717) is 41.9 Å². The Labute approximate surface area is 241 Å². The van der Waals surface area contributed by atoms with Crippen molar-refractivity contribution in [3.05, 3.63) is 77.2 Å². The molecule has 10 nitrogen and oxygen atoms in total. The van der Waals surface area contributed by atoms with Crippen LogP contribution in [0.1, 0.15) is 27.2 Å². The zero-order valence-electron chi connectivity index (χ0n) is 23.8. The second-order valence-electron chi connectivity index (χ2n) is 10.3. The van der Waals surface area contributed by atoms with Crippen LogP contribution in [-0.4, -0.2) is 70.8 Å². The molecule has 1 aliphatic heterocycles. The number of nitrogens with zero attached hydrogens (tertiary/aromatic N) is 6. The van der Waals surface area contributed by atoms with Crippen molar-refractivity contribution in [1.29, 1.82) is 0 Å². The Hall–Kier alpha value is -4.65. The minimum absolute atomic E-state index is 0.0802. The molecule has 2 aromatic heterocycles. The number of halogens is 3. The predicted molar refractivity (Wildman–Crippen MR) is 157 cm³/mol. The van der Waals surface area contributed by atoms with Crippen LogP contribution in [0.3, 0.4) is 0 Å². The summed E-state index contributed by atoms with van der Waals surface area (Å²) >= 11 is 0. The van der Waals surface area contributed by atoms with Crippen molar-refractivity contribution in [1.82, 2.24) is 24.6 Å². The summed E-state index contributed by atoms with van der Waals surface area (Å²) in [5.74, 6) is 1.25. The van der Waals surface area contributed by atoms with Crippen LogP contribution in [0.2, 0.25) is 0 Å². The topological polar surface area (TPSA) is 103 Å². The fourth-order valence-corrected chi connectivity index (χ4v) is 4.70. The zero-order chi connectivity index (χ0) is 30.0. The minimum atomic E-state index is -4.55. The fraction of sp³-hybridized carbons (Fsp3) is 0.310. The Kier molecular flexibility index (Phi) is 8.03. The fourth-order valence-electron chi connectivity index (χ4n) is 4.70. The summed E-state index contributed by atoms with van der Waals surface area (Å²) in [6.45, 7) is 6.41. The third-order valence-electron chi connectivity index (χ3n) is 7.09. The number of anilines is 5. The molecule has 0 unspecified atom stereocenters. The number of amides is 1. The lowest BCUT2D eigenvalue weighted by Crippen LogP contribution is -2.44. The summed E-state index contributed by atoms with van der Waals surface area (Å²) in [6, 6.07) is 12.4. The van der Waals surface area contributed by atoms with Gasteiger partial charge in [-0.05, 0) is 56.8 Å². The van der Waals surface area contributed by atoms with Crippen molar-refractivity contribution in [2.24, 2.45) is 0 Å².